The van der Waals surface area contributed by atoms with Crippen LogP contribution in [0.25, 0.3) is 0 Å². The van der Waals surface area contributed by atoms with Crippen molar-refractivity contribution in [1.82, 2.24) is 4.98 Å². The van der Waals surface area contributed by atoms with Gasteiger partial charge in [0.15, 0.2) is 0 Å². The summed E-state index contributed by atoms with van der Waals surface area (Å²) in [5, 5.41) is 9.01. The third-order valence-electron chi connectivity index (χ3n) is 2.76. The summed E-state index contributed by atoms with van der Waals surface area (Å²) in [5.74, 6) is -0.351. The zero-order valence-electron chi connectivity index (χ0n) is 11.5. The first-order valence-corrected chi connectivity index (χ1v) is 6.04. The van der Waals surface area contributed by atoms with Crippen molar-refractivity contribution < 1.29 is 19.4 Å². The fraction of sp³-hybridized carbons (Fsp3) is 0.538. The molecule has 106 valence electrons. The average Bonchev–Trinajstić information content (AvgIpc) is 2.40. The zero-order valence-corrected chi connectivity index (χ0v) is 11.5. The highest BCUT2D eigenvalue weighted by Gasteiger charge is 2.17. The Bertz CT molecular complexity index is 411. The van der Waals surface area contributed by atoms with Crippen LogP contribution in [-0.4, -0.2) is 56.1 Å². The number of aromatic nitrogens is 1. The summed E-state index contributed by atoms with van der Waals surface area (Å²) in [6, 6.07) is 3.11. The van der Waals surface area contributed by atoms with E-state index in [-0.39, 0.29) is 11.6 Å². The third-order valence-corrected chi connectivity index (χ3v) is 2.76. The summed E-state index contributed by atoms with van der Waals surface area (Å²) in [5.41, 5.74) is 0.219. The lowest BCUT2D eigenvalue weighted by Gasteiger charge is -2.29. The summed E-state index contributed by atoms with van der Waals surface area (Å²) in [6.07, 6.45) is 1.50. The molecule has 0 amide bonds. The first kappa shape index (κ1) is 15.4. The van der Waals surface area contributed by atoms with Gasteiger partial charge in [-0.2, -0.15) is 0 Å². The summed E-state index contributed by atoms with van der Waals surface area (Å²) in [4.78, 5) is 17.2. The lowest BCUT2D eigenvalue weighted by Crippen LogP contribution is -2.39. The van der Waals surface area contributed by atoms with Gasteiger partial charge in [0, 0.05) is 27.0 Å². The van der Waals surface area contributed by atoms with E-state index in [0.717, 1.165) is 0 Å². The highest BCUT2D eigenvalue weighted by molar-refractivity contribution is 5.88. The van der Waals surface area contributed by atoms with E-state index < -0.39 is 5.97 Å². The number of methoxy groups -OCH3 is 2. The molecular weight excluding hydrogens is 248 g/mol. The molecule has 1 heterocycles. The number of carbonyl (C=O) groups is 1. The number of carboxylic acid groups (broad SMARTS) is 1. The van der Waals surface area contributed by atoms with Gasteiger partial charge in [-0.25, -0.2) is 9.78 Å². The molecule has 1 N–H and O–H groups in total. The molecule has 0 bridgehead atoms. The van der Waals surface area contributed by atoms with Gasteiger partial charge < -0.3 is 19.5 Å². The first-order valence-electron chi connectivity index (χ1n) is 6.04. The molecule has 1 unspecified atom stereocenters. The number of ether oxygens (including phenoxy) is 2. The molecule has 1 atom stereocenters. The van der Waals surface area contributed by atoms with Crippen LogP contribution in [-0.2, 0) is 9.47 Å². The van der Waals surface area contributed by atoms with Crippen molar-refractivity contribution in [3.63, 3.8) is 0 Å². The van der Waals surface area contributed by atoms with Crippen molar-refractivity contribution in [3.05, 3.63) is 23.9 Å². The van der Waals surface area contributed by atoms with Gasteiger partial charge >= 0.3 is 5.97 Å². The Labute approximate surface area is 113 Å². The average molecular weight is 268 g/mol. The van der Waals surface area contributed by atoms with E-state index in [9.17, 15) is 4.79 Å². The predicted octanol–water partition coefficient (Wildman–Crippen LogP) is 1.27. The van der Waals surface area contributed by atoms with Crippen LogP contribution in [0.2, 0.25) is 0 Å². The molecule has 0 aliphatic carbocycles. The molecule has 6 heteroatoms. The van der Waals surface area contributed by atoms with Gasteiger partial charge in [-0.05, 0) is 19.1 Å². The molecule has 1 aromatic rings. The molecular formula is C13H20N2O4. The van der Waals surface area contributed by atoms with E-state index in [4.69, 9.17) is 14.6 Å². The van der Waals surface area contributed by atoms with Crippen LogP contribution in [0.1, 0.15) is 17.3 Å². The molecule has 19 heavy (non-hydrogen) atoms. The standard InChI is InChI=1S/C13H20N2O4/c1-10(9-19-3)15(6-7-18-2)12-8-11(13(16)17)4-5-14-12/h4-5,8,10H,6-7,9H2,1-3H3,(H,16,17). The van der Waals surface area contributed by atoms with Crippen molar-refractivity contribution in [3.8, 4) is 0 Å². The first-order chi connectivity index (χ1) is 9.10. The molecule has 0 saturated heterocycles. The van der Waals surface area contributed by atoms with Gasteiger partial charge in [0.1, 0.15) is 5.82 Å². The predicted molar refractivity (Wildman–Crippen MR) is 71.8 cm³/mol. The zero-order chi connectivity index (χ0) is 14.3. The van der Waals surface area contributed by atoms with Gasteiger partial charge in [0.2, 0.25) is 0 Å². The fourth-order valence-corrected chi connectivity index (χ4v) is 1.79. The Morgan fingerprint density at radius 1 is 1.47 bits per heavy atom. The minimum absolute atomic E-state index is 0.0803. The molecule has 0 spiro atoms. The largest absolute Gasteiger partial charge is 0.478 e. The number of anilines is 1. The van der Waals surface area contributed by atoms with Crippen molar-refractivity contribution in [2.75, 3.05) is 38.9 Å². The van der Waals surface area contributed by atoms with Crippen molar-refractivity contribution >= 4 is 11.8 Å². The van der Waals surface area contributed by atoms with Gasteiger partial charge in [-0.3, -0.25) is 0 Å². The van der Waals surface area contributed by atoms with Crippen molar-refractivity contribution in [1.29, 1.82) is 0 Å². The smallest absolute Gasteiger partial charge is 0.335 e. The monoisotopic (exact) mass is 268 g/mol. The van der Waals surface area contributed by atoms with E-state index in [1.54, 1.807) is 20.3 Å². The van der Waals surface area contributed by atoms with Gasteiger partial charge in [-0.1, -0.05) is 0 Å². The Kier molecular flexibility index (Phi) is 6.24. The van der Waals surface area contributed by atoms with E-state index in [2.05, 4.69) is 4.98 Å². The van der Waals surface area contributed by atoms with Crippen LogP contribution in [0, 0.1) is 0 Å². The van der Waals surface area contributed by atoms with E-state index in [1.165, 1.54) is 12.3 Å². The van der Waals surface area contributed by atoms with E-state index >= 15 is 0 Å². The summed E-state index contributed by atoms with van der Waals surface area (Å²) < 4.78 is 10.2. The summed E-state index contributed by atoms with van der Waals surface area (Å²) in [6.45, 7) is 3.68. The van der Waals surface area contributed by atoms with Gasteiger partial charge in [0.25, 0.3) is 0 Å². The number of aromatic carboxylic acids is 1. The minimum Gasteiger partial charge on any atom is -0.478 e. The molecule has 0 aromatic carbocycles. The second-order valence-corrected chi connectivity index (χ2v) is 4.20. The maximum absolute atomic E-state index is 11.0. The fourth-order valence-electron chi connectivity index (χ4n) is 1.79. The van der Waals surface area contributed by atoms with Crippen LogP contribution in [0.5, 0.6) is 0 Å². The molecule has 6 nitrogen and oxygen atoms in total. The lowest BCUT2D eigenvalue weighted by atomic mass is 10.2. The lowest BCUT2D eigenvalue weighted by molar-refractivity contribution is 0.0696. The van der Waals surface area contributed by atoms with Crippen LogP contribution >= 0.6 is 0 Å². The summed E-state index contributed by atoms with van der Waals surface area (Å²) >= 11 is 0. The van der Waals surface area contributed by atoms with Gasteiger partial charge in [-0.15, -0.1) is 0 Å². The van der Waals surface area contributed by atoms with Crippen LogP contribution < -0.4 is 4.90 Å². The number of pyridine rings is 1. The van der Waals surface area contributed by atoms with Gasteiger partial charge in [0.05, 0.1) is 24.8 Å². The number of nitrogens with zero attached hydrogens (tertiary/aromatic N) is 2. The second kappa shape index (κ2) is 7.70. The Morgan fingerprint density at radius 3 is 2.79 bits per heavy atom. The Morgan fingerprint density at radius 2 is 2.21 bits per heavy atom. The number of rotatable bonds is 8. The maximum Gasteiger partial charge on any atom is 0.335 e. The number of hydrogen-bond acceptors (Lipinski definition) is 5. The molecule has 1 aromatic heterocycles. The highest BCUT2D eigenvalue weighted by atomic mass is 16.5. The van der Waals surface area contributed by atoms with E-state index in [0.29, 0.717) is 25.6 Å². The molecule has 0 fully saturated rings. The number of hydrogen-bond donors (Lipinski definition) is 1. The quantitative estimate of drug-likeness (QED) is 0.765. The second-order valence-electron chi connectivity index (χ2n) is 4.20. The van der Waals surface area contributed by atoms with Crippen LogP contribution in [0.4, 0.5) is 5.82 Å². The minimum atomic E-state index is -0.963. The SMILES string of the molecule is COCCN(c1cc(C(=O)O)ccn1)C(C)COC. The number of carboxylic acids is 1. The molecule has 0 radical (unpaired) electrons. The van der Waals surface area contributed by atoms with E-state index in [1.807, 2.05) is 11.8 Å². The van der Waals surface area contributed by atoms with Crippen molar-refractivity contribution in [2.45, 2.75) is 13.0 Å². The molecule has 0 aliphatic heterocycles. The molecule has 0 saturated carbocycles. The van der Waals surface area contributed by atoms with Crippen LogP contribution in [0.15, 0.2) is 18.3 Å². The summed E-state index contributed by atoms with van der Waals surface area (Å²) in [7, 11) is 3.26. The maximum atomic E-state index is 11.0. The topological polar surface area (TPSA) is 71.9 Å². The molecule has 1 rings (SSSR count). The highest BCUT2D eigenvalue weighted by Crippen LogP contribution is 2.16. The molecule has 0 aliphatic rings. The van der Waals surface area contributed by atoms with Crippen molar-refractivity contribution in [2.24, 2.45) is 0 Å². The Balaban J connectivity index is 2.95. The Hall–Kier alpha value is -1.66. The van der Waals surface area contributed by atoms with Crippen LogP contribution in [0.3, 0.4) is 0 Å². The third kappa shape index (κ3) is 4.50. The normalized spacial score (nSPS) is 12.2.